The van der Waals surface area contributed by atoms with Gasteiger partial charge in [-0.1, -0.05) is 0 Å². The van der Waals surface area contributed by atoms with E-state index in [1.807, 2.05) is 32.2 Å². The molecular weight excluding hydrogens is 228 g/mol. The summed E-state index contributed by atoms with van der Waals surface area (Å²) in [4.78, 5) is 6.41. The van der Waals surface area contributed by atoms with Crippen LogP contribution < -0.4 is 10.2 Å². The minimum absolute atomic E-state index is 0.0832. The highest BCUT2D eigenvalue weighted by atomic mass is 16.3. The third-order valence-electron chi connectivity index (χ3n) is 3.73. The molecule has 5 nitrogen and oxygen atoms in total. The minimum atomic E-state index is -0.0832. The Labute approximate surface area is 109 Å². The van der Waals surface area contributed by atoms with E-state index in [1.54, 1.807) is 0 Å². The van der Waals surface area contributed by atoms with Crippen molar-refractivity contribution in [2.24, 2.45) is 7.05 Å². The van der Waals surface area contributed by atoms with Crippen LogP contribution >= 0.6 is 0 Å². The number of aromatic nitrogens is 2. The summed E-state index contributed by atoms with van der Waals surface area (Å²) < 4.78 is 2.12. The van der Waals surface area contributed by atoms with Gasteiger partial charge in [0.1, 0.15) is 0 Å². The monoisotopic (exact) mass is 252 g/mol. The van der Waals surface area contributed by atoms with Crippen molar-refractivity contribution in [2.45, 2.75) is 44.4 Å². The Morgan fingerprint density at radius 2 is 2.06 bits per heavy atom. The second-order valence-corrected chi connectivity index (χ2v) is 5.39. The topological polar surface area (TPSA) is 53.3 Å². The normalized spacial score (nSPS) is 24.2. The predicted octanol–water partition coefficient (Wildman–Crippen LogP) is 0.879. The maximum Gasteiger partial charge on any atom is 0.204 e. The Morgan fingerprint density at radius 1 is 1.39 bits per heavy atom. The molecule has 0 aromatic carbocycles. The van der Waals surface area contributed by atoms with Gasteiger partial charge in [0.15, 0.2) is 0 Å². The summed E-state index contributed by atoms with van der Waals surface area (Å²) in [6.07, 6.45) is 5.83. The van der Waals surface area contributed by atoms with Crippen molar-refractivity contribution in [3.05, 3.63) is 11.9 Å². The van der Waals surface area contributed by atoms with Crippen LogP contribution in [0.3, 0.4) is 0 Å². The van der Waals surface area contributed by atoms with Crippen LogP contribution in [0.1, 0.15) is 31.4 Å². The molecule has 5 heteroatoms. The lowest BCUT2D eigenvalue weighted by molar-refractivity contribution is 0.116. The summed E-state index contributed by atoms with van der Waals surface area (Å²) in [7, 11) is 6.05. The van der Waals surface area contributed by atoms with Crippen LogP contribution in [0.5, 0.6) is 0 Å². The van der Waals surface area contributed by atoms with Gasteiger partial charge in [-0.15, -0.1) is 0 Å². The zero-order valence-electron chi connectivity index (χ0n) is 11.6. The highest BCUT2D eigenvalue weighted by molar-refractivity contribution is 5.30. The average Bonchev–Trinajstić information content (AvgIpc) is 2.70. The van der Waals surface area contributed by atoms with Gasteiger partial charge in [-0.25, -0.2) is 4.98 Å². The lowest BCUT2D eigenvalue weighted by Gasteiger charge is -2.26. The quantitative estimate of drug-likeness (QED) is 0.835. The van der Waals surface area contributed by atoms with E-state index in [0.29, 0.717) is 6.04 Å². The fourth-order valence-corrected chi connectivity index (χ4v) is 2.54. The number of aliphatic hydroxyl groups is 1. The summed E-state index contributed by atoms with van der Waals surface area (Å²) in [5.74, 6) is 0.978. The molecule has 0 unspecified atom stereocenters. The lowest BCUT2D eigenvalue weighted by atomic mass is 9.93. The number of hydrogen-bond donors (Lipinski definition) is 2. The maximum absolute atomic E-state index is 9.47. The molecule has 1 aliphatic carbocycles. The Morgan fingerprint density at radius 3 is 2.61 bits per heavy atom. The summed E-state index contributed by atoms with van der Waals surface area (Å²) in [5, 5.41) is 13.0. The number of aliphatic hydroxyl groups excluding tert-OH is 1. The van der Waals surface area contributed by atoms with Gasteiger partial charge in [0, 0.05) is 33.7 Å². The lowest BCUT2D eigenvalue weighted by Crippen LogP contribution is -2.34. The smallest absolute Gasteiger partial charge is 0.204 e. The van der Waals surface area contributed by atoms with Crippen LogP contribution in [-0.4, -0.2) is 40.9 Å². The second-order valence-electron chi connectivity index (χ2n) is 5.39. The summed E-state index contributed by atoms with van der Waals surface area (Å²) in [5.41, 5.74) is 1.20. The zero-order valence-corrected chi connectivity index (χ0v) is 11.6. The second kappa shape index (κ2) is 5.71. The molecule has 1 aromatic heterocycles. The van der Waals surface area contributed by atoms with Gasteiger partial charge in [0.2, 0.25) is 5.95 Å². The fraction of sp³-hybridized carbons (Fsp3) is 0.769. The number of nitrogens with zero attached hydrogens (tertiary/aromatic N) is 3. The molecule has 0 saturated heterocycles. The molecule has 2 N–H and O–H groups in total. The SMILES string of the molecule is CN(C)c1ncc(CNC2CCC(O)CC2)n1C. The number of anilines is 1. The van der Waals surface area contributed by atoms with E-state index in [0.717, 1.165) is 38.2 Å². The fourth-order valence-electron chi connectivity index (χ4n) is 2.54. The molecule has 0 radical (unpaired) electrons. The van der Waals surface area contributed by atoms with Crippen LogP contribution in [0.25, 0.3) is 0 Å². The largest absolute Gasteiger partial charge is 0.393 e. The van der Waals surface area contributed by atoms with Crippen molar-refractivity contribution in [2.75, 3.05) is 19.0 Å². The molecule has 102 valence electrons. The van der Waals surface area contributed by atoms with Crippen molar-refractivity contribution in [3.63, 3.8) is 0 Å². The zero-order chi connectivity index (χ0) is 13.1. The predicted molar refractivity (Wildman–Crippen MR) is 72.6 cm³/mol. The number of hydrogen-bond acceptors (Lipinski definition) is 4. The summed E-state index contributed by atoms with van der Waals surface area (Å²) >= 11 is 0. The standard InChI is InChI=1S/C13H24N4O/c1-16(2)13-15-9-11(17(13)3)8-14-10-4-6-12(18)7-5-10/h9-10,12,14,18H,4-8H2,1-3H3. The maximum atomic E-state index is 9.47. The first kappa shape index (κ1) is 13.4. The van der Waals surface area contributed by atoms with Gasteiger partial charge < -0.3 is 19.9 Å². The van der Waals surface area contributed by atoms with E-state index in [4.69, 9.17) is 0 Å². The van der Waals surface area contributed by atoms with E-state index < -0.39 is 0 Å². The minimum Gasteiger partial charge on any atom is -0.393 e. The summed E-state index contributed by atoms with van der Waals surface area (Å²) in [6.45, 7) is 0.845. The van der Waals surface area contributed by atoms with Gasteiger partial charge >= 0.3 is 0 Å². The van der Waals surface area contributed by atoms with E-state index in [-0.39, 0.29) is 6.10 Å². The molecule has 1 saturated carbocycles. The van der Waals surface area contributed by atoms with Crippen LogP contribution in [0.4, 0.5) is 5.95 Å². The molecule has 0 amide bonds. The third-order valence-corrected chi connectivity index (χ3v) is 3.73. The number of imidazole rings is 1. The highest BCUT2D eigenvalue weighted by Gasteiger charge is 2.19. The molecule has 1 aromatic rings. The van der Waals surface area contributed by atoms with Gasteiger partial charge in [-0.3, -0.25) is 0 Å². The highest BCUT2D eigenvalue weighted by Crippen LogP contribution is 2.19. The molecule has 0 aliphatic heterocycles. The molecular formula is C13H24N4O. The van der Waals surface area contributed by atoms with Crippen molar-refractivity contribution >= 4 is 5.95 Å². The van der Waals surface area contributed by atoms with Gasteiger partial charge in [0.05, 0.1) is 18.0 Å². The molecule has 0 bridgehead atoms. The molecule has 18 heavy (non-hydrogen) atoms. The third kappa shape index (κ3) is 3.03. The van der Waals surface area contributed by atoms with E-state index >= 15 is 0 Å². The van der Waals surface area contributed by atoms with Crippen molar-refractivity contribution in [1.29, 1.82) is 0 Å². The Hall–Kier alpha value is -1.07. The van der Waals surface area contributed by atoms with E-state index in [1.165, 1.54) is 5.69 Å². The van der Waals surface area contributed by atoms with E-state index in [2.05, 4.69) is 14.9 Å². The molecule has 0 atom stereocenters. The number of rotatable bonds is 4. The Bertz CT molecular complexity index is 380. The van der Waals surface area contributed by atoms with Crippen molar-refractivity contribution in [3.8, 4) is 0 Å². The summed E-state index contributed by atoms with van der Waals surface area (Å²) in [6, 6.07) is 0.533. The Balaban J connectivity index is 1.87. The average molecular weight is 252 g/mol. The van der Waals surface area contributed by atoms with Crippen LogP contribution in [0, 0.1) is 0 Å². The first-order valence-electron chi connectivity index (χ1n) is 6.67. The van der Waals surface area contributed by atoms with Gasteiger partial charge in [-0.05, 0) is 25.7 Å². The first-order valence-corrected chi connectivity index (χ1v) is 6.67. The van der Waals surface area contributed by atoms with Crippen molar-refractivity contribution in [1.82, 2.24) is 14.9 Å². The Kier molecular flexibility index (Phi) is 4.24. The first-order chi connectivity index (χ1) is 8.58. The van der Waals surface area contributed by atoms with E-state index in [9.17, 15) is 5.11 Å². The van der Waals surface area contributed by atoms with Crippen LogP contribution in [-0.2, 0) is 13.6 Å². The van der Waals surface area contributed by atoms with Crippen molar-refractivity contribution < 1.29 is 5.11 Å². The molecule has 1 aliphatic rings. The molecule has 1 fully saturated rings. The molecule has 1 heterocycles. The van der Waals surface area contributed by atoms with Crippen LogP contribution in [0.15, 0.2) is 6.20 Å². The van der Waals surface area contributed by atoms with Gasteiger partial charge in [0.25, 0.3) is 0 Å². The van der Waals surface area contributed by atoms with Gasteiger partial charge in [-0.2, -0.15) is 0 Å². The number of nitrogens with one attached hydrogen (secondary N) is 1. The molecule has 2 rings (SSSR count). The molecule has 0 spiro atoms. The van der Waals surface area contributed by atoms with Crippen LogP contribution in [0.2, 0.25) is 0 Å².